The maximum absolute atomic E-state index is 14.0. The van der Waals surface area contributed by atoms with Crippen LogP contribution in [-0.2, 0) is 59.3 Å². The third kappa shape index (κ3) is 14.7. The Bertz CT molecular complexity index is 4810. The Balaban J connectivity index is 0.000000175. The van der Waals surface area contributed by atoms with Gasteiger partial charge < -0.3 is 63.6 Å². The van der Waals surface area contributed by atoms with E-state index < -0.39 is 29.9 Å². The van der Waals surface area contributed by atoms with Crippen molar-refractivity contribution in [1.29, 1.82) is 0 Å². The lowest BCUT2D eigenvalue weighted by atomic mass is 9.83. The predicted molar refractivity (Wildman–Crippen MR) is 418 cm³/mol. The Labute approximate surface area is 637 Å². The number of aryl methyl sites for hydroxylation is 1. The minimum Gasteiger partial charge on any atom is -0.488 e. The predicted octanol–water partition coefficient (Wildman–Crippen LogP) is 15.6. The number of benzene rings is 5. The summed E-state index contributed by atoms with van der Waals surface area (Å²) in [6.45, 7) is 20.4. The van der Waals surface area contributed by atoms with Crippen molar-refractivity contribution in [2.45, 2.75) is 206 Å². The molecule has 5 amide bonds. The van der Waals surface area contributed by atoms with E-state index in [0.717, 1.165) is 171 Å². The van der Waals surface area contributed by atoms with Crippen molar-refractivity contribution in [2.24, 2.45) is 33.7 Å². The average molecular weight is 1480 g/mol. The molecule has 16 rings (SSSR count). The number of amides is 5. The number of nitrogens with one attached hydrogen (secondary N) is 4. The van der Waals surface area contributed by atoms with E-state index in [1.54, 1.807) is 19.1 Å². The number of hydrogen-bond donors (Lipinski definition) is 4. The van der Waals surface area contributed by atoms with Crippen LogP contribution in [0.3, 0.4) is 0 Å². The number of fused-ring (bicyclic) bond motifs is 11. The quantitative estimate of drug-likeness (QED) is 0.0656. The number of alkyl carbamates (subject to hydrolysis) is 2. The van der Waals surface area contributed by atoms with Crippen LogP contribution in [0.2, 0.25) is 0 Å². The van der Waals surface area contributed by atoms with Crippen molar-refractivity contribution in [3.8, 4) is 56.3 Å². The molecule has 0 bridgehead atoms. The monoisotopic (exact) mass is 1480 g/mol. The number of rotatable bonds is 16. The van der Waals surface area contributed by atoms with E-state index in [-0.39, 0.29) is 65.9 Å². The van der Waals surface area contributed by atoms with Gasteiger partial charge in [-0.15, -0.1) is 0 Å². The number of aliphatic imine (C=N–C) groups is 2. The Morgan fingerprint density at radius 2 is 1.17 bits per heavy atom. The molecule has 9 heterocycles. The normalized spacial score (nSPS) is 22.8. The number of likely N-dealkylation sites (tertiary alicyclic amines) is 3. The van der Waals surface area contributed by atoms with E-state index in [9.17, 15) is 24.0 Å². The highest BCUT2D eigenvalue weighted by molar-refractivity contribution is 6.08. The molecule has 0 spiro atoms. The number of carbonyl (C=O) groups is 5. The third-order valence-electron chi connectivity index (χ3n) is 23.8. The molecule has 0 unspecified atom stereocenters. The molecule has 23 heteroatoms. The van der Waals surface area contributed by atoms with E-state index in [4.69, 9.17) is 53.1 Å². The molecule has 7 aromatic rings. The maximum Gasteiger partial charge on any atom is 0.410 e. The molecule has 7 aliphatic heterocycles. The van der Waals surface area contributed by atoms with Gasteiger partial charge in [-0.1, -0.05) is 58.0 Å². The molecule has 3 saturated heterocycles. The molecule has 574 valence electrons. The first-order valence-electron chi connectivity index (χ1n) is 39.0. The largest absolute Gasteiger partial charge is 0.488 e. The lowest BCUT2D eigenvalue weighted by Gasteiger charge is -2.34. The van der Waals surface area contributed by atoms with Crippen LogP contribution in [0.5, 0.6) is 11.5 Å². The summed E-state index contributed by atoms with van der Waals surface area (Å²) in [6.07, 6.45) is 13.0. The van der Waals surface area contributed by atoms with Gasteiger partial charge in [0.25, 0.3) is 0 Å². The summed E-state index contributed by atoms with van der Waals surface area (Å²) < 4.78 is 39.2. The van der Waals surface area contributed by atoms with E-state index in [1.807, 2.05) is 70.7 Å². The van der Waals surface area contributed by atoms with Crippen LogP contribution in [-0.4, -0.2) is 166 Å². The number of aromatic nitrogens is 4. The standard InChI is InChI=1S/C45H56N6O7.C41H47N5O5/c1-24(2)40(49-43(53)56-8)42(52)51-25(3)9-14-37(51)35-18-32-31-19-39-33(17-27(31)11-13-34(32)47-35)30-12-10-28(16-29(30)23-57-39)36-20-46-41(48-36)38-15-26(22-55-7)21-50(38)44(54)58-45(4,5)6;1-22(2)38(45-41(48)50-5)40(47)46-23(3)6-13-36(46)34-17-31-30-18-37-32(16-25(30)10-12-33(31)43-34)29-11-9-26(15-28(29)21-51-37)35-19-42-39(44-35)27-8-7-24(14-27)20-49-4/h10,12,16-17,19-20,24-26,37-38,40H,9,11,13-15,18,21-23H2,1-8H3,(H,46,48)(H,49,53);9-12,15-16,18-19,22-24,27,36,38H,6-8,13-14,17,20-21H2,1-5H3,(H,42,44)(H,45,48)/t25-,26-,37-,38-,40-;23-,24+,27-,36-,38-/m00/s1. The van der Waals surface area contributed by atoms with Crippen molar-refractivity contribution >= 4 is 63.6 Å². The van der Waals surface area contributed by atoms with Crippen LogP contribution in [0.15, 0.2) is 101 Å². The van der Waals surface area contributed by atoms with E-state index >= 15 is 0 Å². The number of carbonyl (C=O) groups excluding carboxylic acids is 5. The van der Waals surface area contributed by atoms with E-state index in [1.165, 1.54) is 48.5 Å². The van der Waals surface area contributed by atoms with Crippen molar-refractivity contribution < 1.29 is 57.1 Å². The average Bonchev–Trinajstić information content (AvgIpc) is 1.74. The Kier molecular flexibility index (Phi) is 20.9. The molecular formula is C86H103N11O12. The first-order valence-corrected chi connectivity index (χ1v) is 39.0. The van der Waals surface area contributed by atoms with Crippen molar-refractivity contribution in [1.82, 2.24) is 45.3 Å². The fourth-order valence-corrected chi connectivity index (χ4v) is 18.3. The number of ether oxygens (including phenoxy) is 7. The van der Waals surface area contributed by atoms with Gasteiger partial charge in [-0.05, 0) is 225 Å². The van der Waals surface area contributed by atoms with Crippen molar-refractivity contribution in [3.05, 3.63) is 130 Å². The Morgan fingerprint density at radius 1 is 0.587 bits per heavy atom. The fourth-order valence-electron chi connectivity index (χ4n) is 18.3. The van der Waals surface area contributed by atoms with Crippen LogP contribution in [0.25, 0.3) is 61.1 Å². The van der Waals surface area contributed by atoms with Crippen LogP contribution in [0.1, 0.15) is 178 Å². The molecular weight excluding hydrogens is 1380 g/mol. The summed E-state index contributed by atoms with van der Waals surface area (Å²) in [4.78, 5) is 98.1. The minimum atomic E-state index is -0.677. The zero-order valence-corrected chi connectivity index (χ0v) is 65.1. The van der Waals surface area contributed by atoms with Gasteiger partial charge in [0.1, 0.15) is 54.0 Å². The summed E-state index contributed by atoms with van der Waals surface area (Å²) in [5.41, 5.74) is 19.1. The SMILES string of the molecule is COC[C@@H]1CC[C@H](c2ncc(-c3ccc4c(c3)COc3cc5c6c(ccc5cc3-4)N=C([C@@H]3CC[C@H](C)N3C(=O)[C@@H](NC(=O)OC)C(C)C)C6)[nH]2)C1.COC[C@H]1C[C@@H](c2ncc(-c3ccc4c(c3)COc3cc5c(cc3-4)CCC3=C5CC([C@@H]4CC[C@H](C)N4C(=O)[C@@H](NC(=O)OC)C(C)C)=N3)[nH]2)N(C(=O)OC(C)(C)C)C1. The van der Waals surface area contributed by atoms with Gasteiger partial charge in [0.15, 0.2) is 0 Å². The number of hydrogen-bond acceptors (Lipinski definition) is 16. The first kappa shape index (κ1) is 74.6. The lowest BCUT2D eigenvalue weighted by Crippen LogP contribution is -2.55. The zero-order chi connectivity index (χ0) is 76.4. The summed E-state index contributed by atoms with van der Waals surface area (Å²) in [7, 11) is 6.10. The van der Waals surface area contributed by atoms with Gasteiger partial charge in [0.2, 0.25) is 11.8 Å². The molecule has 2 aliphatic carbocycles. The summed E-state index contributed by atoms with van der Waals surface area (Å²) in [5, 5.41) is 7.81. The Hall–Kier alpha value is -9.87. The number of nitrogens with zero attached hydrogens (tertiary/aromatic N) is 7. The summed E-state index contributed by atoms with van der Waals surface area (Å²) in [5.74, 6) is 4.44. The van der Waals surface area contributed by atoms with Crippen molar-refractivity contribution in [3.63, 3.8) is 0 Å². The van der Waals surface area contributed by atoms with E-state index in [2.05, 4.69) is 107 Å². The number of allylic oxidation sites excluding steroid dienone is 2. The second-order valence-corrected chi connectivity index (χ2v) is 32.9. The zero-order valence-electron chi connectivity index (χ0n) is 65.1. The number of aromatic amines is 2. The number of H-pyrrole nitrogens is 2. The van der Waals surface area contributed by atoms with Gasteiger partial charge in [0.05, 0.1) is 68.4 Å². The smallest absolute Gasteiger partial charge is 0.410 e. The molecule has 4 fully saturated rings. The van der Waals surface area contributed by atoms with Gasteiger partial charge >= 0.3 is 18.3 Å². The molecule has 1 saturated carbocycles. The van der Waals surface area contributed by atoms with Gasteiger partial charge in [0, 0.05) is 92.4 Å². The van der Waals surface area contributed by atoms with Gasteiger partial charge in [-0.2, -0.15) is 0 Å². The molecule has 23 nitrogen and oxygen atoms in total. The van der Waals surface area contributed by atoms with E-state index in [0.29, 0.717) is 51.0 Å². The summed E-state index contributed by atoms with van der Waals surface area (Å²) >= 11 is 0. The molecule has 109 heavy (non-hydrogen) atoms. The van der Waals surface area contributed by atoms with Crippen LogP contribution >= 0.6 is 0 Å². The van der Waals surface area contributed by atoms with Crippen LogP contribution in [0.4, 0.5) is 20.1 Å². The molecule has 0 radical (unpaired) electrons. The summed E-state index contributed by atoms with van der Waals surface area (Å²) in [6, 6.07) is 24.5. The molecule has 9 aliphatic rings. The fraction of sp³-hybridized carbons (Fsp3) is 0.500. The number of methoxy groups -OCH3 is 4. The second kappa shape index (κ2) is 30.5. The number of imidazole rings is 2. The van der Waals surface area contributed by atoms with Gasteiger partial charge in [-0.3, -0.25) is 24.5 Å². The van der Waals surface area contributed by atoms with Crippen LogP contribution < -0.4 is 20.1 Å². The van der Waals surface area contributed by atoms with Crippen LogP contribution in [0, 0.1) is 23.7 Å². The van der Waals surface area contributed by atoms with Gasteiger partial charge in [-0.25, -0.2) is 24.4 Å². The lowest BCUT2D eigenvalue weighted by molar-refractivity contribution is -0.136. The molecule has 5 aromatic carbocycles. The maximum atomic E-state index is 14.0. The highest BCUT2D eigenvalue weighted by Crippen LogP contribution is 2.50. The third-order valence-corrected chi connectivity index (χ3v) is 23.8. The minimum absolute atomic E-state index is 0.0396. The Morgan fingerprint density at radius 3 is 1.76 bits per heavy atom. The highest BCUT2D eigenvalue weighted by atomic mass is 16.6. The highest BCUT2D eigenvalue weighted by Gasteiger charge is 2.46. The molecule has 4 N–H and O–H groups in total. The second-order valence-electron chi connectivity index (χ2n) is 32.9. The first-order chi connectivity index (χ1) is 52.4. The topological polar surface area (TPSA) is 266 Å². The van der Waals surface area contributed by atoms with Crippen molar-refractivity contribution in [2.75, 3.05) is 48.2 Å². The molecule has 2 aromatic heterocycles. The molecule has 10 atom stereocenters.